The van der Waals surface area contributed by atoms with E-state index >= 15 is 0 Å². The summed E-state index contributed by atoms with van der Waals surface area (Å²) in [7, 11) is 3.03. The lowest BCUT2D eigenvalue weighted by atomic mass is 9.94. The molecule has 2 rings (SSSR count). The van der Waals surface area contributed by atoms with E-state index in [1.807, 2.05) is 18.2 Å². The number of aromatic hydroxyl groups is 1. The van der Waals surface area contributed by atoms with Gasteiger partial charge in [-0.3, -0.25) is 4.79 Å². The highest BCUT2D eigenvalue weighted by atomic mass is 16.5. The van der Waals surface area contributed by atoms with Gasteiger partial charge in [-0.15, -0.1) is 0 Å². The molecule has 0 bridgehead atoms. The normalized spacial score (nSPS) is 10.6. The Labute approximate surface area is 130 Å². The van der Waals surface area contributed by atoms with Crippen LogP contribution in [0.15, 0.2) is 30.3 Å². The zero-order chi connectivity index (χ0) is 16.3. The van der Waals surface area contributed by atoms with Crippen LogP contribution in [0.25, 0.3) is 11.1 Å². The van der Waals surface area contributed by atoms with E-state index in [4.69, 9.17) is 9.47 Å². The number of phenols is 1. The van der Waals surface area contributed by atoms with Gasteiger partial charge in [-0.1, -0.05) is 19.9 Å². The number of phenolic OH excluding ortho intramolecular Hbond substituents is 1. The summed E-state index contributed by atoms with van der Waals surface area (Å²) in [5, 5.41) is 10.0. The second-order valence-corrected chi connectivity index (χ2v) is 5.34. The Balaban J connectivity index is 2.71. The summed E-state index contributed by atoms with van der Waals surface area (Å²) in [5.41, 5.74) is 2.96. The van der Waals surface area contributed by atoms with E-state index in [2.05, 4.69) is 13.8 Å². The molecule has 0 saturated carbocycles. The van der Waals surface area contributed by atoms with Gasteiger partial charge >= 0.3 is 0 Å². The molecule has 0 aromatic heterocycles. The number of aldehydes is 1. The predicted octanol–water partition coefficient (Wildman–Crippen LogP) is 4.01. The van der Waals surface area contributed by atoms with Gasteiger partial charge < -0.3 is 14.6 Å². The number of hydrogen-bond donors (Lipinski definition) is 1. The highest BCUT2D eigenvalue weighted by molar-refractivity contribution is 5.91. The molecule has 22 heavy (non-hydrogen) atoms. The van der Waals surface area contributed by atoms with Crippen molar-refractivity contribution in [3.05, 3.63) is 41.5 Å². The molecule has 0 radical (unpaired) electrons. The lowest BCUT2D eigenvalue weighted by Gasteiger charge is -2.15. The fourth-order valence-electron chi connectivity index (χ4n) is 2.37. The van der Waals surface area contributed by atoms with Gasteiger partial charge in [0, 0.05) is 11.1 Å². The maximum absolute atomic E-state index is 11.4. The van der Waals surface area contributed by atoms with Gasteiger partial charge in [-0.2, -0.15) is 0 Å². The third-order valence-electron chi connectivity index (χ3n) is 3.66. The average Bonchev–Trinajstić information content (AvgIpc) is 2.53. The van der Waals surface area contributed by atoms with E-state index in [1.54, 1.807) is 7.11 Å². The first-order chi connectivity index (χ1) is 10.5. The van der Waals surface area contributed by atoms with Crippen LogP contribution in [0.3, 0.4) is 0 Å². The first-order valence-electron chi connectivity index (χ1n) is 7.06. The first kappa shape index (κ1) is 15.9. The predicted molar refractivity (Wildman–Crippen MR) is 86.1 cm³/mol. The minimum absolute atomic E-state index is 0.0138. The first-order valence-corrected chi connectivity index (χ1v) is 7.06. The summed E-state index contributed by atoms with van der Waals surface area (Å²) in [6.45, 7) is 4.19. The maximum atomic E-state index is 11.4. The molecule has 116 valence electrons. The summed E-state index contributed by atoms with van der Waals surface area (Å²) in [4.78, 5) is 11.4. The summed E-state index contributed by atoms with van der Waals surface area (Å²) in [5.74, 6) is 1.25. The number of carbonyl (C=O) groups excluding carboxylic acids is 1. The summed E-state index contributed by atoms with van der Waals surface area (Å²) >= 11 is 0. The van der Waals surface area contributed by atoms with Crippen LogP contribution in [0.4, 0.5) is 0 Å². The number of rotatable bonds is 5. The average molecular weight is 300 g/mol. The van der Waals surface area contributed by atoms with Crippen LogP contribution < -0.4 is 9.47 Å². The molecule has 0 spiro atoms. The number of carbonyl (C=O) groups is 1. The van der Waals surface area contributed by atoms with Crippen molar-refractivity contribution in [3.8, 4) is 28.4 Å². The fourth-order valence-corrected chi connectivity index (χ4v) is 2.37. The van der Waals surface area contributed by atoms with Crippen LogP contribution in [-0.2, 0) is 0 Å². The lowest BCUT2D eigenvalue weighted by Crippen LogP contribution is -1.96. The largest absolute Gasteiger partial charge is 0.504 e. The second kappa shape index (κ2) is 6.52. The zero-order valence-corrected chi connectivity index (χ0v) is 13.2. The van der Waals surface area contributed by atoms with Gasteiger partial charge in [-0.25, -0.2) is 0 Å². The molecular weight excluding hydrogens is 280 g/mol. The minimum atomic E-state index is -0.0138. The van der Waals surface area contributed by atoms with Crippen molar-refractivity contribution in [2.24, 2.45) is 0 Å². The van der Waals surface area contributed by atoms with E-state index in [1.165, 1.54) is 19.2 Å². The third kappa shape index (κ3) is 2.91. The number of benzene rings is 2. The van der Waals surface area contributed by atoms with Crippen LogP contribution >= 0.6 is 0 Å². The van der Waals surface area contributed by atoms with E-state index < -0.39 is 0 Å². The summed E-state index contributed by atoms with van der Waals surface area (Å²) < 4.78 is 10.5. The van der Waals surface area contributed by atoms with Gasteiger partial charge in [0.1, 0.15) is 5.75 Å². The number of hydrogen-bond acceptors (Lipinski definition) is 4. The van der Waals surface area contributed by atoms with Gasteiger partial charge in [-0.05, 0) is 41.3 Å². The van der Waals surface area contributed by atoms with Crippen LogP contribution in [-0.4, -0.2) is 25.6 Å². The van der Waals surface area contributed by atoms with E-state index in [-0.39, 0.29) is 11.5 Å². The smallest absolute Gasteiger partial charge is 0.161 e. The molecule has 4 nitrogen and oxygen atoms in total. The Kier molecular flexibility index (Phi) is 4.71. The van der Waals surface area contributed by atoms with Crippen molar-refractivity contribution >= 4 is 6.29 Å². The Morgan fingerprint density at radius 2 is 1.68 bits per heavy atom. The Bertz CT molecular complexity index is 690. The zero-order valence-electron chi connectivity index (χ0n) is 13.2. The van der Waals surface area contributed by atoms with Crippen molar-refractivity contribution in [1.29, 1.82) is 0 Å². The second-order valence-electron chi connectivity index (χ2n) is 5.34. The van der Waals surface area contributed by atoms with Crippen LogP contribution in [0.2, 0.25) is 0 Å². The van der Waals surface area contributed by atoms with Crippen LogP contribution in [0.1, 0.15) is 35.7 Å². The Morgan fingerprint density at radius 3 is 2.23 bits per heavy atom. The summed E-state index contributed by atoms with van der Waals surface area (Å²) in [6, 6.07) is 8.92. The van der Waals surface area contributed by atoms with E-state index in [9.17, 15) is 9.90 Å². The molecule has 2 aromatic rings. The minimum Gasteiger partial charge on any atom is -0.504 e. The molecule has 4 heteroatoms. The quantitative estimate of drug-likeness (QED) is 0.848. The monoisotopic (exact) mass is 300 g/mol. The molecule has 0 aliphatic carbocycles. The number of ether oxygens (including phenoxy) is 2. The Morgan fingerprint density at radius 1 is 1.00 bits per heavy atom. The Hall–Kier alpha value is -2.49. The van der Waals surface area contributed by atoms with Gasteiger partial charge in [0.15, 0.2) is 17.8 Å². The molecule has 0 saturated heterocycles. The molecule has 1 N–H and O–H groups in total. The van der Waals surface area contributed by atoms with Crippen molar-refractivity contribution in [2.75, 3.05) is 14.2 Å². The molecule has 0 unspecified atom stereocenters. The van der Waals surface area contributed by atoms with E-state index in [0.717, 1.165) is 17.4 Å². The molecule has 2 aromatic carbocycles. The SMILES string of the molecule is COc1cc(C=O)c(-c2cc(C(C)C)ccc2OC)cc1O. The fraction of sp³-hybridized carbons (Fsp3) is 0.278. The third-order valence-corrected chi connectivity index (χ3v) is 3.66. The van der Waals surface area contributed by atoms with Gasteiger partial charge in [0.25, 0.3) is 0 Å². The maximum Gasteiger partial charge on any atom is 0.161 e. The molecule has 0 aliphatic heterocycles. The number of methoxy groups -OCH3 is 2. The molecule has 0 fully saturated rings. The standard InChI is InChI=1S/C18H20O4/c1-11(2)12-5-6-17(21-3)15(7-12)14-9-16(20)18(22-4)8-13(14)10-19/h5-11,20H,1-4H3. The van der Waals surface area contributed by atoms with Crippen molar-refractivity contribution in [1.82, 2.24) is 0 Å². The van der Waals surface area contributed by atoms with Crippen LogP contribution in [0.5, 0.6) is 17.2 Å². The lowest BCUT2D eigenvalue weighted by molar-refractivity contribution is 0.112. The topological polar surface area (TPSA) is 55.8 Å². The van der Waals surface area contributed by atoms with Crippen molar-refractivity contribution < 1.29 is 19.4 Å². The molecule has 0 amide bonds. The highest BCUT2D eigenvalue weighted by Crippen LogP contribution is 2.39. The van der Waals surface area contributed by atoms with Crippen molar-refractivity contribution in [2.45, 2.75) is 19.8 Å². The van der Waals surface area contributed by atoms with Crippen molar-refractivity contribution in [3.63, 3.8) is 0 Å². The highest BCUT2D eigenvalue weighted by Gasteiger charge is 2.16. The van der Waals surface area contributed by atoms with Crippen LogP contribution in [0, 0.1) is 0 Å². The molecular formula is C18H20O4. The van der Waals surface area contributed by atoms with Gasteiger partial charge in [0.05, 0.1) is 14.2 Å². The molecule has 0 aliphatic rings. The molecule has 0 atom stereocenters. The summed E-state index contributed by atoms with van der Waals surface area (Å²) in [6.07, 6.45) is 0.749. The molecule has 0 heterocycles. The van der Waals surface area contributed by atoms with E-state index in [0.29, 0.717) is 22.8 Å². The van der Waals surface area contributed by atoms with Gasteiger partial charge in [0.2, 0.25) is 0 Å².